The van der Waals surface area contributed by atoms with Gasteiger partial charge < -0.3 is 9.88 Å². The van der Waals surface area contributed by atoms with Crippen molar-refractivity contribution >= 4 is 0 Å². The van der Waals surface area contributed by atoms with Gasteiger partial charge in [0.05, 0.1) is 23.8 Å². The van der Waals surface area contributed by atoms with Gasteiger partial charge in [0.15, 0.2) is 0 Å². The van der Waals surface area contributed by atoms with E-state index in [2.05, 4.69) is 28.7 Å². The van der Waals surface area contributed by atoms with Gasteiger partial charge in [0.25, 0.3) is 0 Å². The fourth-order valence-corrected chi connectivity index (χ4v) is 1.56. The molecule has 0 bridgehead atoms. The van der Waals surface area contributed by atoms with Crippen LogP contribution >= 0.6 is 0 Å². The maximum absolute atomic E-state index is 4.22. The maximum atomic E-state index is 4.22. The Morgan fingerprint density at radius 1 is 1.54 bits per heavy atom. The predicted molar refractivity (Wildman–Crippen MR) is 52.6 cm³/mol. The van der Waals surface area contributed by atoms with E-state index in [4.69, 9.17) is 0 Å². The lowest BCUT2D eigenvalue weighted by Gasteiger charge is -2.25. The zero-order valence-corrected chi connectivity index (χ0v) is 8.54. The normalized spacial score (nSPS) is 17.8. The summed E-state index contributed by atoms with van der Waals surface area (Å²) in [7, 11) is 1.99. The van der Waals surface area contributed by atoms with Crippen LogP contribution in [0, 0.1) is 0 Å². The van der Waals surface area contributed by atoms with E-state index in [0.717, 1.165) is 0 Å². The minimum absolute atomic E-state index is 0.0269. The summed E-state index contributed by atoms with van der Waals surface area (Å²) in [6, 6.07) is 0.713. The molecular weight excluding hydrogens is 162 g/mol. The molecule has 3 nitrogen and oxygen atoms in total. The monoisotopic (exact) mass is 179 g/mol. The molecule has 1 aromatic heterocycles. The largest absolute Gasteiger partial charge is 0.330 e. The molecule has 0 unspecified atom stereocenters. The van der Waals surface area contributed by atoms with Crippen molar-refractivity contribution in [1.29, 1.82) is 0 Å². The molecule has 0 aliphatic heterocycles. The van der Waals surface area contributed by atoms with Crippen LogP contribution in [0.3, 0.4) is 0 Å². The summed E-state index contributed by atoms with van der Waals surface area (Å²) in [6.45, 7) is 4.37. The highest BCUT2D eigenvalue weighted by Gasteiger charge is 2.30. The lowest BCUT2D eigenvalue weighted by molar-refractivity contribution is 0.409. The van der Waals surface area contributed by atoms with Crippen molar-refractivity contribution in [2.75, 3.05) is 7.05 Å². The summed E-state index contributed by atoms with van der Waals surface area (Å²) >= 11 is 0. The summed E-state index contributed by atoms with van der Waals surface area (Å²) in [6.07, 6.45) is 6.53. The Hall–Kier alpha value is -0.830. The molecule has 1 heterocycles. The highest BCUT2D eigenvalue weighted by molar-refractivity contribution is 5.13. The minimum Gasteiger partial charge on any atom is -0.330 e. The molecule has 13 heavy (non-hydrogen) atoms. The van der Waals surface area contributed by atoms with Crippen molar-refractivity contribution in [2.45, 2.75) is 38.3 Å². The van der Waals surface area contributed by atoms with Crippen molar-refractivity contribution in [2.24, 2.45) is 0 Å². The lowest BCUT2D eigenvalue weighted by Crippen LogP contribution is -2.35. The van der Waals surface area contributed by atoms with Crippen LogP contribution in [0.1, 0.15) is 38.4 Å². The molecule has 1 N–H and O–H groups in total. The van der Waals surface area contributed by atoms with Crippen LogP contribution in [0.25, 0.3) is 0 Å². The fourth-order valence-electron chi connectivity index (χ4n) is 1.56. The van der Waals surface area contributed by atoms with E-state index in [0.29, 0.717) is 6.04 Å². The van der Waals surface area contributed by atoms with Gasteiger partial charge in [-0.3, -0.25) is 0 Å². The van der Waals surface area contributed by atoms with Gasteiger partial charge >= 0.3 is 0 Å². The third-order valence-corrected chi connectivity index (χ3v) is 2.87. The Bertz CT molecular complexity index is 297. The Labute approximate surface area is 79.2 Å². The maximum Gasteiger partial charge on any atom is 0.0951 e. The van der Waals surface area contributed by atoms with Gasteiger partial charge in [-0.05, 0) is 33.7 Å². The van der Waals surface area contributed by atoms with Crippen LogP contribution in [0.15, 0.2) is 12.5 Å². The Kier molecular flexibility index (Phi) is 1.91. The minimum atomic E-state index is 0.0269. The standard InChI is InChI=1S/C10H17N3/c1-10(2,11-3)9-6-12-7-13(9)8-4-5-8/h6-8,11H,4-5H2,1-3H3. The van der Waals surface area contributed by atoms with Crippen LogP contribution in [0.2, 0.25) is 0 Å². The third kappa shape index (κ3) is 1.48. The van der Waals surface area contributed by atoms with Crippen LogP contribution in [-0.4, -0.2) is 16.6 Å². The summed E-state index contributed by atoms with van der Waals surface area (Å²) in [5.41, 5.74) is 1.32. The van der Waals surface area contributed by atoms with E-state index in [-0.39, 0.29) is 5.54 Å². The molecule has 1 aromatic rings. The van der Waals surface area contributed by atoms with Crippen molar-refractivity contribution < 1.29 is 0 Å². The summed E-state index contributed by atoms with van der Waals surface area (Å²) < 4.78 is 2.30. The van der Waals surface area contributed by atoms with Gasteiger partial charge in [-0.25, -0.2) is 4.98 Å². The van der Waals surface area contributed by atoms with E-state index in [1.807, 2.05) is 19.6 Å². The fraction of sp³-hybridized carbons (Fsp3) is 0.700. The third-order valence-electron chi connectivity index (χ3n) is 2.87. The highest BCUT2D eigenvalue weighted by atomic mass is 15.1. The molecule has 72 valence electrons. The second kappa shape index (κ2) is 2.84. The topological polar surface area (TPSA) is 29.9 Å². The molecule has 1 fully saturated rings. The van der Waals surface area contributed by atoms with Gasteiger partial charge in [0.1, 0.15) is 0 Å². The van der Waals surface area contributed by atoms with E-state index >= 15 is 0 Å². The molecule has 1 aliphatic rings. The molecule has 0 radical (unpaired) electrons. The van der Waals surface area contributed by atoms with Crippen LogP contribution in [-0.2, 0) is 5.54 Å². The SMILES string of the molecule is CNC(C)(C)c1cncn1C1CC1. The van der Waals surface area contributed by atoms with Crippen molar-refractivity contribution in [3.05, 3.63) is 18.2 Å². The first-order chi connectivity index (χ1) is 6.15. The van der Waals surface area contributed by atoms with Crippen molar-refractivity contribution in [3.8, 4) is 0 Å². The lowest BCUT2D eigenvalue weighted by atomic mass is 10.0. The zero-order valence-electron chi connectivity index (χ0n) is 8.54. The first kappa shape index (κ1) is 8.75. The van der Waals surface area contributed by atoms with E-state index in [1.165, 1.54) is 18.5 Å². The van der Waals surface area contributed by atoms with E-state index in [1.54, 1.807) is 0 Å². The van der Waals surface area contributed by atoms with Gasteiger partial charge in [0, 0.05) is 6.04 Å². The van der Waals surface area contributed by atoms with E-state index in [9.17, 15) is 0 Å². The summed E-state index contributed by atoms with van der Waals surface area (Å²) in [5.74, 6) is 0. The number of aromatic nitrogens is 2. The molecule has 1 saturated carbocycles. The number of hydrogen-bond donors (Lipinski definition) is 1. The molecular formula is C10H17N3. The summed E-state index contributed by atoms with van der Waals surface area (Å²) in [4.78, 5) is 4.22. The number of hydrogen-bond acceptors (Lipinski definition) is 2. The van der Waals surface area contributed by atoms with Crippen molar-refractivity contribution in [3.63, 3.8) is 0 Å². The van der Waals surface area contributed by atoms with Gasteiger partial charge in [-0.1, -0.05) is 0 Å². The number of nitrogens with zero attached hydrogens (tertiary/aromatic N) is 2. The summed E-state index contributed by atoms with van der Waals surface area (Å²) in [5, 5.41) is 3.31. The number of rotatable bonds is 3. The average molecular weight is 179 g/mol. The molecule has 1 aliphatic carbocycles. The van der Waals surface area contributed by atoms with E-state index < -0.39 is 0 Å². The quantitative estimate of drug-likeness (QED) is 0.765. The van der Waals surface area contributed by atoms with Gasteiger partial charge in [0.2, 0.25) is 0 Å². The van der Waals surface area contributed by atoms with Crippen LogP contribution in [0.4, 0.5) is 0 Å². The molecule has 0 atom stereocenters. The molecule has 0 aromatic carbocycles. The second-order valence-electron chi connectivity index (χ2n) is 4.29. The second-order valence-corrected chi connectivity index (χ2v) is 4.29. The number of nitrogens with one attached hydrogen (secondary N) is 1. The molecule has 3 heteroatoms. The Balaban J connectivity index is 2.33. The Morgan fingerprint density at radius 2 is 2.23 bits per heavy atom. The first-order valence-electron chi connectivity index (χ1n) is 4.86. The highest BCUT2D eigenvalue weighted by Crippen LogP contribution is 2.37. The molecule has 0 amide bonds. The van der Waals surface area contributed by atoms with Crippen molar-refractivity contribution in [1.82, 2.24) is 14.9 Å². The predicted octanol–water partition coefficient (Wildman–Crippen LogP) is 1.67. The molecule has 2 rings (SSSR count). The molecule has 0 saturated heterocycles. The average Bonchev–Trinajstić information content (AvgIpc) is 2.83. The zero-order chi connectivity index (χ0) is 9.47. The molecule has 0 spiro atoms. The van der Waals surface area contributed by atoms with Crippen LogP contribution in [0.5, 0.6) is 0 Å². The first-order valence-corrected chi connectivity index (χ1v) is 4.86. The van der Waals surface area contributed by atoms with Crippen LogP contribution < -0.4 is 5.32 Å². The van der Waals surface area contributed by atoms with Gasteiger partial charge in [-0.2, -0.15) is 0 Å². The number of imidazole rings is 1. The smallest absolute Gasteiger partial charge is 0.0951 e. The van der Waals surface area contributed by atoms with Gasteiger partial charge in [-0.15, -0.1) is 0 Å². The Morgan fingerprint density at radius 3 is 2.77 bits per heavy atom.